The van der Waals surface area contributed by atoms with Crippen LogP contribution < -0.4 is 10.2 Å². The molecule has 0 aliphatic heterocycles. The van der Waals surface area contributed by atoms with Gasteiger partial charge in [-0.25, -0.2) is 0 Å². The van der Waals surface area contributed by atoms with Crippen LogP contribution in [0.1, 0.15) is 17.4 Å². The second kappa shape index (κ2) is 7.26. The van der Waals surface area contributed by atoms with E-state index in [1.807, 2.05) is 23.7 Å². The summed E-state index contributed by atoms with van der Waals surface area (Å²) in [5, 5.41) is 5.51. The zero-order valence-electron chi connectivity index (χ0n) is 11.6. The summed E-state index contributed by atoms with van der Waals surface area (Å²) in [5.41, 5.74) is 2.53. The lowest BCUT2D eigenvalue weighted by Gasteiger charge is -2.21. The van der Waals surface area contributed by atoms with Crippen molar-refractivity contribution in [1.29, 1.82) is 0 Å². The first kappa shape index (κ1) is 14.0. The lowest BCUT2D eigenvalue weighted by atomic mass is 10.2. The SMILES string of the molecule is CCNCc1ccncc1N(C)CCc1cccs1. The van der Waals surface area contributed by atoms with E-state index in [-0.39, 0.29) is 0 Å². The van der Waals surface area contributed by atoms with Crippen LogP contribution in [-0.4, -0.2) is 25.1 Å². The van der Waals surface area contributed by atoms with Crippen molar-refractivity contribution in [3.8, 4) is 0 Å². The van der Waals surface area contributed by atoms with Gasteiger partial charge >= 0.3 is 0 Å². The number of nitrogens with zero attached hydrogens (tertiary/aromatic N) is 2. The van der Waals surface area contributed by atoms with Crippen molar-refractivity contribution in [3.05, 3.63) is 46.4 Å². The highest BCUT2D eigenvalue weighted by Gasteiger charge is 2.07. The van der Waals surface area contributed by atoms with Crippen molar-refractivity contribution >= 4 is 17.0 Å². The molecule has 0 spiro atoms. The third-order valence-corrected chi connectivity index (χ3v) is 4.07. The average Bonchev–Trinajstić information content (AvgIpc) is 2.96. The van der Waals surface area contributed by atoms with Gasteiger partial charge < -0.3 is 10.2 Å². The van der Waals surface area contributed by atoms with Crippen LogP contribution in [0.15, 0.2) is 36.0 Å². The highest BCUT2D eigenvalue weighted by Crippen LogP contribution is 2.18. The van der Waals surface area contributed by atoms with Gasteiger partial charge in [0.05, 0.1) is 11.9 Å². The topological polar surface area (TPSA) is 28.2 Å². The van der Waals surface area contributed by atoms with Crippen molar-refractivity contribution in [2.24, 2.45) is 0 Å². The van der Waals surface area contributed by atoms with Crippen molar-refractivity contribution in [1.82, 2.24) is 10.3 Å². The van der Waals surface area contributed by atoms with Crippen LogP contribution in [0.5, 0.6) is 0 Å². The fourth-order valence-corrected chi connectivity index (χ4v) is 2.72. The van der Waals surface area contributed by atoms with E-state index in [0.29, 0.717) is 0 Å². The third-order valence-electron chi connectivity index (χ3n) is 3.14. The van der Waals surface area contributed by atoms with Crippen LogP contribution in [0, 0.1) is 0 Å². The summed E-state index contributed by atoms with van der Waals surface area (Å²) in [4.78, 5) is 7.98. The molecule has 0 fully saturated rings. The number of thiophene rings is 1. The van der Waals surface area contributed by atoms with Crippen molar-refractivity contribution in [2.75, 3.05) is 25.0 Å². The van der Waals surface area contributed by atoms with E-state index >= 15 is 0 Å². The lowest BCUT2D eigenvalue weighted by Crippen LogP contribution is -2.23. The molecule has 1 N–H and O–H groups in total. The molecule has 0 radical (unpaired) electrons. The molecule has 3 nitrogen and oxygen atoms in total. The van der Waals surface area contributed by atoms with Crippen molar-refractivity contribution in [2.45, 2.75) is 19.9 Å². The summed E-state index contributed by atoms with van der Waals surface area (Å²) in [6.45, 7) is 5.03. The van der Waals surface area contributed by atoms with Crippen LogP contribution in [-0.2, 0) is 13.0 Å². The molecular weight excluding hydrogens is 254 g/mol. The predicted octanol–water partition coefficient (Wildman–Crippen LogP) is 2.93. The van der Waals surface area contributed by atoms with Crippen LogP contribution in [0.4, 0.5) is 5.69 Å². The van der Waals surface area contributed by atoms with Crippen LogP contribution in [0.3, 0.4) is 0 Å². The minimum Gasteiger partial charge on any atom is -0.373 e. The Morgan fingerprint density at radius 3 is 3.00 bits per heavy atom. The minimum absolute atomic E-state index is 0.900. The number of hydrogen-bond acceptors (Lipinski definition) is 4. The van der Waals surface area contributed by atoms with E-state index in [1.165, 1.54) is 16.1 Å². The molecule has 0 saturated carbocycles. The fraction of sp³-hybridized carbons (Fsp3) is 0.400. The number of likely N-dealkylation sites (N-methyl/N-ethyl adjacent to an activating group) is 1. The first-order chi connectivity index (χ1) is 9.31. The van der Waals surface area contributed by atoms with Gasteiger partial charge in [0, 0.05) is 31.2 Å². The number of aromatic nitrogens is 1. The molecule has 0 aromatic carbocycles. The molecule has 102 valence electrons. The predicted molar refractivity (Wildman–Crippen MR) is 82.9 cm³/mol. The Morgan fingerprint density at radius 2 is 2.26 bits per heavy atom. The van der Waals surface area contributed by atoms with E-state index in [9.17, 15) is 0 Å². The highest BCUT2D eigenvalue weighted by atomic mass is 32.1. The summed E-state index contributed by atoms with van der Waals surface area (Å²) in [7, 11) is 2.14. The van der Waals surface area contributed by atoms with Gasteiger partial charge in [-0.2, -0.15) is 0 Å². The first-order valence-electron chi connectivity index (χ1n) is 6.68. The Labute approximate surface area is 119 Å². The van der Waals surface area contributed by atoms with Gasteiger partial charge in [-0.1, -0.05) is 13.0 Å². The number of nitrogens with one attached hydrogen (secondary N) is 1. The molecule has 0 atom stereocenters. The van der Waals surface area contributed by atoms with Crippen molar-refractivity contribution in [3.63, 3.8) is 0 Å². The molecule has 2 aromatic rings. The summed E-state index contributed by atoms with van der Waals surface area (Å²) < 4.78 is 0. The van der Waals surface area contributed by atoms with Crippen LogP contribution in [0.2, 0.25) is 0 Å². The van der Waals surface area contributed by atoms with Gasteiger partial charge in [-0.15, -0.1) is 11.3 Å². The molecule has 0 bridgehead atoms. The van der Waals surface area contributed by atoms with E-state index in [1.54, 1.807) is 0 Å². The van der Waals surface area contributed by atoms with Gasteiger partial charge in [0.1, 0.15) is 0 Å². The summed E-state index contributed by atoms with van der Waals surface area (Å²) in [6, 6.07) is 6.40. The Hall–Kier alpha value is -1.39. The molecule has 2 heterocycles. The largest absolute Gasteiger partial charge is 0.373 e. The quantitative estimate of drug-likeness (QED) is 0.842. The second-order valence-electron chi connectivity index (χ2n) is 4.54. The Morgan fingerprint density at radius 1 is 1.37 bits per heavy atom. The van der Waals surface area contributed by atoms with Gasteiger partial charge in [0.15, 0.2) is 0 Å². The Balaban J connectivity index is 1.99. The van der Waals surface area contributed by atoms with E-state index in [4.69, 9.17) is 0 Å². The maximum absolute atomic E-state index is 4.25. The molecule has 0 saturated heterocycles. The third kappa shape index (κ3) is 4.04. The molecule has 4 heteroatoms. The zero-order chi connectivity index (χ0) is 13.5. The Bertz CT molecular complexity index is 482. The molecule has 19 heavy (non-hydrogen) atoms. The highest BCUT2D eigenvalue weighted by molar-refractivity contribution is 7.09. The summed E-state index contributed by atoms with van der Waals surface area (Å²) >= 11 is 1.82. The number of pyridine rings is 1. The van der Waals surface area contributed by atoms with Gasteiger partial charge in [0.25, 0.3) is 0 Å². The second-order valence-corrected chi connectivity index (χ2v) is 5.57. The molecule has 0 amide bonds. The molecule has 2 rings (SSSR count). The smallest absolute Gasteiger partial charge is 0.0595 e. The molecule has 0 aliphatic rings. The minimum atomic E-state index is 0.900. The van der Waals surface area contributed by atoms with E-state index in [2.05, 4.69) is 52.8 Å². The van der Waals surface area contributed by atoms with Gasteiger partial charge in [-0.05, 0) is 36.0 Å². The van der Waals surface area contributed by atoms with E-state index in [0.717, 1.165) is 26.1 Å². The standard InChI is InChI=1S/C15H21N3S/c1-3-16-11-13-6-8-17-12-15(13)18(2)9-7-14-5-4-10-19-14/h4-6,8,10,12,16H,3,7,9,11H2,1-2H3. The normalized spacial score (nSPS) is 10.6. The molecule has 0 unspecified atom stereocenters. The summed E-state index contributed by atoms with van der Waals surface area (Å²) in [5.74, 6) is 0. The zero-order valence-corrected chi connectivity index (χ0v) is 12.4. The van der Waals surface area contributed by atoms with Gasteiger partial charge in [-0.3, -0.25) is 4.98 Å². The molecule has 0 aliphatic carbocycles. The summed E-state index contributed by atoms with van der Waals surface area (Å²) in [6.07, 6.45) is 4.91. The lowest BCUT2D eigenvalue weighted by molar-refractivity contribution is 0.721. The van der Waals surface area contributed by atoms with Crippen LogP contribution in [0.25, 0.3) is 0 Å². The van der Waals surface area contributed by atoms with Crippen LogP contribution >= 0.6 is 11.3 Å². The average molecular weight is 275 g/mol. The maximum atomic E-state index is 4.25. The maximum Gasteiger partial charge on any atom is 0.0595 e. The first-order valence-corrected chi connectivity index (χ1v) is 7.56. The van der Waals surface area contributed by atoms with Crippen molar-refractivity contribution < 1.29 is 0 Å². The monoisotopic (exact) mass is 275 g/mol. The molecular formula is C15H21N3S. The number of hydrogen-bond donors (Lipinski definition) is 1. The number of anilines is 1. The van der Waals surface area contributed by atoms with Gasteiger partial charge in [0.2, 0.25) is 0 Å². The molecule has 2 aromatic heterocycles. The number of rotatable bonds is 7. The van der Waals surface area contributed by atoms with E-state index < -0.39 is 0 Å². The fourth-order valence-electron chi connectivity index (χ4n) is 2.02. The Kier molecular flexibility index (Phi) is 5.36.